The number of hydrogen-bond donors (Lipinski definition) is 0. The fourth-order valence-corrected chi connectivity index (χ4v) is 3.66. The van der Waals surface area contributed by atoms with E-state index in [1.165, 1.54) is 0 Å². The van der Waals surface area contributed by atoms with Gasteiger partial charge < -0.3 is 31.4 Å². The first-order valence-electron chi connectivity index (χ1n) is 8.66. The summed E-state index contributed by atoms with van der Waals surface area (Å²) in [4.78, 5) is 0. The standard InChI is InChI=1S/C22H22NO4.CH4.ClH/c1-13-16-11-21(26-4)20(25-3)10-15(16)8-18-17-12-22(27-5)19(24-2)9-14(17)6-7-23(13)18;;/h6-12H,1-5H3;1H4;1H/q+1;;/p-1. The number of pyridine rings is 2. The number of benzene rings is 2. The van der Waals surface area contributed by atoms with Crippen molar-refractivity contribution in [2.45, 2.75) is 14.4 Å². The van der Waals surface area contributed by atoms with Gasteiger partial charge in [-0.1, -0.05) is 7.43 Å². The number of nitrogens with zero attached hydrogens (tertiary/aromatic N) is 1. The van der Waals surface area contributed by atoms with Gasteiger partial charge in [-0.15, -0.1) is 0 Å². The summed E-state index contributed by atoms with van der Waals surface area (Å²) in [7, 11) is 6.61. The Bertz CT molecular complexity index is 1190. The van der Waals surface area contributed by atoms with Crippen molar-refractivity contribution in [2.24, 2.45) is 0 Å². The molecule has 0 aliphatic heterocycles. The molecule has 0 N–H and O–H groups in total. The van der Waals surface area contributed by atoms with Crippen molar-refractivity contribution >= 4 is 27.1 Å². The highest BCUT2D eigenvalue weighted by atomic mass is 35.5. The smallest absolute Gasteiger partial charge is 0.219 e. The SMILES string of the molecule is C.COc1cc2cc3c4cc(OC)c(OC)cc4cc[n+]3c(C)c2cc1OC.[Cl-]. The van der Waals surface area contributed by atoms with Crippen LogP contribution in [0.3, 0.4) is 0 Å². The molecule has 2 heterocycles. The third-order valence-corrected chi connectivity index (χ3v) is 5.09. The highest BCUT2D eigenvalue weighted by Gasteiger charge is 2.19. The number of aromatic nitrogens is 1. The molecule has 0 amide bonds. The first-order valence-corrected chi connectivity index (χ1v) is 8.66. The minimum atomic E-state index is 0. The van der Waals surface area contributed by atoms with Gasteiger partial charge in [0.25, 0.3) is 0 Å². The molecule has 0 bridgehead atoms. The number of ether oxygens (including phenoxy) is 4. The lowest BCUT2D eigenvalue weighted by molar-refractivity contribution is -0.516. The zero-order valence-corrected chi connectivity index (χ0v) is 17.3. The molecule has 2 aromatic carbocycles. The zero-order valence-electron chi connectivity index (χ0n) is 16.5. The summed E-state index contributed by atoms with van der Waals surface area (Å²) in [6.07, 6.45) is 2.08. The molecule has 0 aliphatic rings. The van der Waals surface area contributed by atoms with E-state index < -0.39 is 0 Å². The Balaban J connectivity index is 0.00000150. The van der Waals surface area contributed by atoms with E-state index in [-0.39, 0.29) is 19.8 Å². The van der Waals surface area contributed by atoms with Crippen LogP contribution in [0.15, 0.2) is 42.6 Å². The number of halogens is 1. The molecule has 0 atom stereocenters. The molecular formula is C23H26ClNO4. The molecule has 4 rings (SSSR count). The van der Waals surface area contributed by atoms with E-state index in [2.05, 4.69) is 29.7 Å². The minimum absolute atomic E-state index is 0. The van der Waals surface area contributed by atoms with Crippen LogP contribution in [0.2, 0.25) is 0 Å². The lowest BCUT2D eigenvalue weighted by atomic mass is 10.0. The third-order valence-electron chi connectivity index (χ3n) is 5.09. The average molecular weight is 416 g/mol. The molecule has 0 saturated heterocycles. The Hall–Kier alpha value is -2.92. The maximum absolute atomic E-state index is 5.51. The quantitative estimate of drug-likeness (QED) is 0.289. The van der Waals surface area contributed by atoms with E-state index in [0.717, 1.165) is 44.3 Å². The average Bonchev–Trinajstić information content (AvgIpc) is 2.71. The van der Waals surface area contributed by atoms with Gasteiger partial charge in [0.2, 0.25) is 5.52 Å². The topological polar surface area (TPSA) is 41.0 Å². The van der Waals surface area contributed by atoms with E-state index in [9.17, 15) is 0 Å². The fourth-order valence-electron chi connectivity index (χ4n) is 3.66. The van der Waals surface area contributed by atoms with Crippen molar-refractivity contribution in [1.82, 2.24) is 0 Å². The lowest BCUT2D eigenvalue weighted by Crippen LogP contribution is -3.00. The molecule has 0 unspecified atom stereocenters. The summed E-state index contributed by atoms with van der Waals surface area (Å²) < 4.78 is 24.1. The van der Waals surface area contributed by atoms with Crippen LogP contribution in [0.25, 0.3) is 27.1 Å². The molecule has 29 heavy (non-hydrogen) atoms. The molecule has 2 aromatic heterocycles. The van der Waals surface area contributed by atoms with Crippen LogP contribution in [0.4, 0.5) is 0 Å². The number of fused-ring (bicyclic) bond motifs is 4. The Labute approximate surface area is 177 Å². The van der Waals surface area contributed by atoms with Crippen molar-refractivity contribution in [3.8, 4) is 23.0 Å². The van der Waals surface area contributed by atoms with Gasteiger partial charge >= 0.3 is 0 Å². The van der Waals surface area contributed by atoms with Gasteiger partial charge in [-0.25, -0.2) is 0 Å². The van der Waals surface area contributed by atoms with E-state index >= 15 is 0 Å². The molecule has 0 fully saturated rings. The first-order chi connectivity index (χ1) is 13.1. The molecular weight excluding hydrogens is 390 g/mol. The monoisotopic (exact) mass is 415 g/mol. The van der Waals surface area contributed by atoms with E-state index in [1.807, 2.05) is 24.3 Å². The molecule has 154 valence electrons. The van der Waals surface area contributed by atoms with Gasteiger partial charge in [-0.05, 0) is 35.0 Å². The van der Waals surface area contributed by atoms with Crippen molar-refractivity contribution in [3.05, 3.63) is 48.3 Å². The van der Waals surface area contributed by atoms with Gasteiger partial charge in [-0.3, -0.25) is 0 Å². The lowest BCUT2D eigenvalue weighted by Gasteiger charge is -2.11. The summed E-state index contributed by atoms with van der Waals surface area (Å²) in [6, 6.07) is 12.3. The van der Waals surface area contributed by atoms with Gasteiger partial charge in [0.15, 0.2) is 34.9 Å². The normalized spacial score (nSPS) is 10.4. The van der Waals surface area contributed by atoms with Crippen LogP contribution < -0.4 is 35.8 Å². The van der Waals surface area contributed by atoms with Crippen molar-refractivity contribution < 1.29 is 35.8 Å². The Morgan fingerprint density at radius 2 is 1.14 bits per heavy atom. The second-order valence-corrected chi connectivity index (χ2v) is 6.39. The van der Waals surface area contributed by atoms with Gasteiger partial charge in [-0.2, -0.15) is 4.40 Å². The maximum atomic E-state index is 5.51. The number of rotatable bonds is 4. The van der Waals surface area contributed by atoms with Gasteiger partial charge in [0.05, 0.1) is 39.2 Å². The zero-order chi connectivity index (χ0) is 19.1. The molecule has 6 heteroatoms. The number of aryl methyl sites for hydroxylation is 1. The molecule has 4 aromatic rings. The predicted molar refractivity (Wildman–Crippen MR) is 112 cm³/mol. The van der Waals surface area contributed by atoms with E-state index in [1.54, 1.807) is 28.4 Å². The van der Waals surface area contributed by atoms with Crippen LogP contribution in [-0.4, -0.2) is 28.4 Å². The van der Waals surface area contributed by atoms with Crippen molar-refractivity contribution in [2.75, 3.05) is 28.4 Å². The number of hydrogen-bond acceptors (Lipinski definition) is 4. The van der Waals surface area contributed by atoms with Crippen molar-refractivity contribution in [1.29, 1.82) is 0 Å². The van der Waals surface area contributed by atoms with E-state index in [0.29, 0.717) is 11.5 Å². The fraction of sp³-hybridized carbons (Fsp3) is 0.261. The third kappa shape index (κ3) is 3.47. The Kier molecular flexibility index (Phi) is 6.65. The van der Waals surface area contributed by atoms with Crippen LogP contribution in [0, 0.1) is 6.92 Å². The maximum Gasteiger partial charge on any atom is 0.219 e. The summed E-state index contributed by atoms with van der Waals surface area (Å²) >= 11 is 0. The van der Waals surface area contributed by atoms with Crippen LogP contribution in [0.1, 0.15) is 13.1 Å². The second-order valence-electron chi connectivity index (χ2n) is 6.39. The van der Waals surface area contributed by atoms with Gasteiger partial charge in [0.1, 0.15) is 0 Å². The van der Waals surface area contributed by atoms with Crippen LogP contribution in [-0.2, 0) is 0 Å². The van der Waals surface area contributed by atoms with Crippen LogP contribution >= 0.6 is 0 Å². The molecule has 0 aliphatic carbocycles. The minimum Gasteiger partial charge on any atom is -1.00 e. The highest BCUT2D eigenvalue weighted by molar-refractivity contribution is 6.00. The summed E-state index contributed by atoms with van der Waals surface area (Å²) in [6.45, 7) is 2.10. The first kappa shape index (κ1) is 22.4. The Morgan fingerprint density at radius 3 is 1.69 bits per heavy atom. The molecule has 0 spiro atoms. The Morgan fingerprint density at radius 1 is 0.655 bits per heavy atom. The molecule has 0 saturated carbocycles. The second kappa shape index (κ2) is 8.62. The number of methoxy groups -OCH3 is 4. The highest BCUT2D eigenvalue weighted by Crippen LogP contribution is 2.36. The van der Waals surface area contributed by atoms with Crippen molar-refractivity contribution in [3.63, 3.8) is 0 Å². The van der Waals surface area contributed by atoms with E-state index in [4.69, 9.17) is 18.9 Å². The van der Waals surface area contributed by atoms with Crippen LogP contribution in [0.5, 0.6) is 23.0 Å². The largest absolute Gasteiger partial charge is 1.00 e. The van der Waals surface area contributed by atoms with Gasteiger partial charge in [0, 0.05) is 19.1 Å². The predicted octanol–water partition coefficient (Wildman–Crippen LogP) is 1.71. The summed E-state index contributed by atoms with van der Waals surface area (Å²) in [5, 5.41) is 4.39. The molecule has 0 radical (unpaired) electrons. The summed E-state index contributed by atoms with van der Waals surface area (Å²) in [5.41, 5.74) is 2.21. The summed E-state index contributed by atoms with van der Waals surface area (Å²) in [5.74, 6) is 2.87. The molecule has 5 nitrogen and oxygen atoms in total.